The van der Waals surface area contributed by atoms with Gasteiger partial charge < -0.3 is 41.4 Å². The van der Waals surface area contributed by atoms with Gasteiger partial charge in [-0.3, -0.25) is 14.0 Å². The Labute approximate surface area is 849 Å². The van der Waals surface area contributed by atoms with Gasteiger partial charge in [0.2, 0.25) is 11.8 Å². The average molecular weight is 2360 g/mol. The SMILES string of the molecule is [Pt+2].[Pt+2].[Pt+2].[c-]1c(-n2cc(-n3c4ccccc4c4ccccc43)cn2)ccc2c3ccccc3n(-c3[c-]c4c(cc3)c3ccccc3n4-c3ccccn3)c12.[c-]1c(-n2cc(-n3c4ccccc4c4ccccc43)cn2)cccc1-n1c2[c-]c(Oc3ccccn3)ccc2c2ccccc21.[c-]1c(Oc2ccccn2)cccc1-n1c2[c-]c(-n3cc(-n4c5ccccc5c5ccccc54)cn3)ccc2c2ccccc21. The molecule has 13 heterocycles. The fourth-order valence-corrected chi connectivity index (χ4v) is 20.1. The van der Waals surface area contributed by atoms with E-state index in [0.717, 1.165) is 172 Å². The van der Waals surface area contributed by atoms with Crippen molar-refractivity contribution in [2.45, 2.75) is 0 Å². The van der Waals surface area contributed by atoms with Crippen molar-refractivity contribution in [1.29, 1.82) is 0 Å². The van der Waals surface area contributed by atoms with Crippen LogP contribution in [0.15, 0.2) is 438 Å². The largest absolute Gasteiger partial charge is 2.00 e. The fraction of sp³-hybridized carbons (Fsp3) is 0. The predicted molar refractivity (Wildman–Crippen MR) is 550 cm³/mol. The Morgan fingerprint density at radius 3 is 0.809 bits per heavy atom. The van der Waals surface area contributed by atoms with Crippen molar-refractivity contribution >= 4 is 153 Å². The molecule has 0 bridgehead atoms. The molecule has 0 N–H and O–H groups in total. The van der Waals surface area contributed by atoms with Crippen molar-refractivity contribution in [3.05, 3.63) is 474 Å². The van der Waals surface area contributed by atoms with Gasteiger partial charge in [0, 0.05) is 96.6 Å². The molecular formula is C120H72N16O2Pt3. The Bertz CT molecular complexity index is 9710. The zero-order valence-corrected chi connectivity index (χ0v) is 81.3. The summed E-state index contributed by atoms with van der Waals surface area (Å²) in [6, 6.07) is 153. The van der Waals surface area contributed by atoms with Gasteiger partial charge >= 0.3 is 63.2 Å². The van der Waals surface area contributed by atoms with Crippen LogP contribution in [0, 0.1) is 36.4 Å². The van der Waals surface area contributed by atoms with E-state index in [1.54, 1.807) is 12.4 Å². The second kappa shape index (κ2) is 36.1. The molecule has 13 aromatic heterocycles. The number of pyridine rings is 3. The van der Waals surface area contributed by atoms with Crippen LogP contribution in [0.25, 0.3) is 210 Å². The summed E-state index contributed by atoms with van der Waals surface area (Å²) in [4.78, 5) is 13.3. The number of hydrogen-bond acceptors (Lipinski definition) is 8. The molecule has 674 valence electrons. The standard InChI is InChI=1S/C44H26N6.2C38H23N5O.3Pt/c1-6-16-39-32(11-1)33-12-2-7-17-40(33)49(39)31-27-46-47(28-31)29-20-22-36-34-13-3-5-15-38(34)48(42(36)25-29)30-21-23-37-35-14-4-8-18-41(35)50(43(37)26-30)44-19-9-10-24-45-44;1-5-16-35-30(12-1)31-13-2-6-17-36(31)43(35)28-24-40-41(25-28)26-19-20-33-32-14-3-4-15-34(32)42(37(33)23-26)27-10-9-11-29(22-27)44-38-18-7-8-21-39-38;1-5-16-35-30(12-1)31-13-2-6-17-36(31)43(35)28-24-40-41(25-28)26-10-9-11-27(22-26)42-34-15-4-3-14-32(34)33-20-19-29(23-37(33)42)44-38-18-7-8-21-39-38;;;/h1-24,27-28H;2*1-21,24-25H;;;/q3*-2;3*+2. The van der Waals surface area contributed by atoms with Gasteiger partial charge in [-0.1, -0.05) is 239 Å². The molecule has 16 aromatic carbocycles. The number of para-hydroxylation sites is 10. The predicted octanol–water partition coefficient (Wildman–Crippen LogP) is 27.9. The van der Waals surface area contributed by atoms with Crippen LogP contribution in [0.2, 0.25) is 0 Å². The Balaban J connectivity index is 0.000000114. The van der Waals surface area contributed by atoms with Crippen molar-refractivity contribution in [2.75, 3.05) is 0 Å². The van der Waals surface area contributed by atoms with E-state index in [-0.39, 0.29) is 63.2 Å². The number of nitrogens with zero attached hydrogens (tertiary/aromatic N) is 16. The maximum Gasteiger partial charge on any atom is 2.00 e. The molecule has 0 saturated heterocycles. The zero-order chi connectivity index (χ0) is 90.8. The maximum atomic E-state index is 6.06. The average Bonchev–Trinajstić information content (AvgIpc) is 1.58. The second-order valence-corrected chi connectivity index (χ2v) is 33.9. The number of aromatic nitrogens is 16. The molecule has 29 rings (SSSR count). The summed E-state index contributed by atoms with van der Waals surface area (Å²) in [5.74, 6) is 3.10. The minimum atomic E-state index is 0. The van der Waals surface area contributed by atoms with E-state index in [0.29, 0.717) is 23.3 Å². The summed E-state index contributed by atoms with van der Waals surface area (Å²) in [6.45, 7) is 0. The summed E-state index contributed by atoms with van der Waals surface area (Å²) in [6.07, 6.45) is 17.2. The molecule has 0 aliphatic heterocycles. The van der Waals surface area contributed by atoms with Crippen LogP contribution in [-0.2, 0) is 63.2 Å². The van der Waals surface area contributed by atoms with Crippen molar-refractivity contribution in [3.8, 4) is 80.3 Å². The maximum absolute atomic E-state index is 6.06. The molecule has 0 saturated carbocycles. The van der Waals surface area contributed by atoms with Crippen LogP contribution >= 0.6 is 0 Å². The summed E-state index contributed by atoms with van der Waals surface area (Å²) in [5.41, 5.74) is 23.2. The third-order valence-corrected chi connectivity index (χ3v) is 26.0. The Hall–Kier alpha value is -17.1. The number of rotatable bonds is 14. The molecule has 0 spiro atoms. The van der Waals surface area contributed by atoms with Gasteiger partial charge in [-0.05, 0) is 124 Å². The van der Waals surface area contributed by atoms with Gasteiger partial charge in [0.1, 0.15) is 5.82 Å². The molecule has 0 unspecified atom stereocenters. The fourth-order valence-electron chi connectivity index (χ4n) is 20.1. The zero-order valence-electron chi connectivity index (χ0n) is 74.5. The molecule has 21 heteroatoms. The minimum Gasteiger partial charge on any atom is -0.466 e. The molecule has 29 aromatic rings. The van der Waals surface area contributed by atoms with E-state index in [1.807, 2.05) is 130 Å². The van der Waals surface area contributed by atoms with E-state index in [1.165, 1.54) is 37.7 Å². The van der Waals surface area contributed by atoms with Crippen LogP contribution in [0.1, 0.15) is 0 Å². The second-order valence-electron chi connectivity index (χ2n) is 33.9. The van der Waals surface area contributed by atoms with Gasteiger partial charge in [0.05, 0.1) is 87.3 Å². The van der Waals surface area contributed by atoms with Crippen molar-refractivity contribution in [3.63, 3.8) is 0 Å². The Morgan fingerprint density at radius 2 is 0.447 bits per heavy atom. The van der Waals surface area contributed by atoms with E-state index in [4.69, 9.17) is 29.8 Å². The van der Waals surface area contributed by atoms with Crippen LogP contribution in [0.5, 0.6) is 23.3 Å². The first-order valence-corrected chi connectivity index (χ1v) is 45.5. The van der Waals surface area contributed by atoms with Gasteiger partial charge in [-0.15, -0.1) is 106 Å². The van der Waals surface area contributed by atoms with E-state index in [9.17, 15) is 0 Å². The quantitative estimate of drug-likeness (QED) is 0.0979. The van der Waals surface area contributed by atoms with E-state index < -0.39 is 0 Å². The van der Waals surface area contributed by atoms with Crippen molar-refractivity contribution in [1.82, 2.24) is 76.3 Å². The molecule has 141 heavy (non-hydrogen) atoms. The molecule has 0 fully saturated rings. The summed E-state index contributed by atoms with van der Waals surface area (Å²) in [5, 5.41) is 30.8. The first-order chi connectivity index (χ1) is 68.4. The van der Waals surface area contributed by atoms with Crippen LogP contribution in [-0.4, -0.2) is 76.3 Å². The number of fused-ring (bicyclic) bond motifs is 21. The molecule has 0 atom stereocenters. The molecule has 0 aliphatic carbocycles. The first-order valence-electron chi connectivity index (χ1n) is 45.5. The number of ether oxygens (including phenoxy) is 2. The molecule has 0 aliphatic rings. The molecule has 0 radical (unpaired) electrons. The molecule has 0 amide bonds. The van der Waals surface area contributed by atoms with Crippen molar-refractivity contribution in [2.24, 2.45) is 0 Å². The summed E-state index contributed by atoms with van der Waals surface area (Å²) >= 11 is 0. The third-order valence-electron chi connectivity index (χ3n) is 26.0. The van der Waals surface area contributed by atoms with Gasteiger partial charge in [-0.2, -0.15) is 51.7 Å². The first kappa shape index (κ1) is 86.7. The Morgan fingerprint density at radius 1 is 0.184 bits per heavy atom. The smallest absolute Gasteiger partial charge is 0.466 e. The van der Waals surface area contributed by atoms with Gasteiger partial charge in [0.25, 0.3) is 0 Å². The van der Waals surface area contributed by atoms with Crippen LogP contribution in [0.3, 0.4) is 0 Å². The topological polar surface area (TPSA) is 145 Å². The number of benzene rings is 16. The van der Waals surface area contributed by atoms with Gasteiger partial charge in [-0.25, -0.2) is 15.0 Å². The monoisotopic (exact) mass is 2350 g/mol. The van der Waals surface area contributed by atoms with Gasteiger partial charge in [0.15, 0.2) is 0 Å². The third kappa shape index (κ3) is 14.8. The minimum absolute atomic E-state index is 0. The van der Waals surface area contributed by atoms with E-state index >= 15 is 0 Å². The number of hydrogen-bond donors (Lipinski definition) is 0. The van der Waals surface area contributed by atoms with Crippen LogP contribution in [0.4, 0.5) is 0 Å². The Kier molecular flexibility index (Phi) is 22.2. The van der Waals surface area contributed by atoms with Crippen LogP contribution < -0.4 is 9.47 Å². The molecule has 18 nitrogen and oxygen atoms in total. The normalized spacial score (nSPS) is 11.5. The van der Waals surface area contributed by atoms with Crippen molar-refractivity contribution < 1.29 is 72.7 Å². The summed E-state index contributed by atoms with van der Waals surface area (Å²) < 4.78 is 33.4. The molecular weight excluding hydrogens is 2280 g/mol. The summed E-state index contributed by atoms with van der Waals surface area (Å²) in [7, 11) is 0. The van der Waals surface area contributed by atoms with E-state index in [2.05, 4.69) is 388 Å².